The summed E-state index contributed by atoms with van der Waals surface area (Å²) in [5, 5.41) is 9.88. The topological polar surface area (TPSA) is 72.8 Å². The predicted molar refractivity (Wildman–Crippen MR) is 71.5 cm³/mol. The molecule has 0 spiro atoms. The van der Waals surface area contributed by atoms with Crippen molar-refractivity contribution in [1.29, 1.82) is 0 Å². The molecule has 19 heavy (non-hydrogen) atoms. The van der Waals surface area contributed by atoms with Crippen LogP contribution in [-0.4, -0.2) is 35.4 Å². The Labute approximate surface area is 114 Å². The predicted octanol–water partition coefficient (Wildman–Crippen LogP) is 1.98. The van der Waals surface area contributed by atoms with E-state index in [0.717, 1.165) is 0 Å². The van der Waals surface area contributed by atoms with Crippen LogP contribution in [0.3, 0.4) is 0 Å². The van der Waals surface area contributed by atoms with Gasteiger partial charge in [0.05, 0.1) is 6.10 Å². The molecular formula is C14H24O5. The van der Waals surface area contributed by atoms with Crippen LogP contribution >= 0.6 is 0 Å². The minimum atomic E-state index is -0.683. The summed E-state index contributed by atoms with van der Waals surface area (Å²) >= 11 is 0. The van der Waals surface area contributed by atoms with Gasteiger partial charge < -0.3 is 14.6 Å². The van der Waals surface area contributed by atoms with Crippen LogP contribution in [0.5, 0.6) is 0 Å². The lowest BCUT2D eigenvalue weighted by atomic mass is 10.0. The van der Waals surface area contributed by atoms with E-state index in [9.17, 15) is 14.7 Å². The van der Waals surface area contributed by atoms with E-state index in [1.807, 2.05) is 6.92 Å². The van der Waals surface area contributed by atoms with E-state index in [0.29, 0.717) is 24.8 Å². The summed E-state index contributed by atoms with van der Waals surface area (Å²) in [5.74, 6) is -0.826. The highest BCUT2D eigenvalue weighted by Crippen LogP contribution is 2.14. The number of carbonyl (C=O) groups excluding carboxylic acids is 2. The Kier molecular flexibility index (Phi) is 8.07. The maximum absolute atomic E-state index is 11.4. The number of aliphatic hydroxyl groups excluding tert-OH is 1. The number of esters is 2. The molecule has 0 bridgehead atoms. The molecule has 5 heteroatoms. The third kappa shape index (κ3) is 8.37. The van der Waals surface area contributed by atoms with Crippen LogP contribution in [0.2, 0.25) is 0 Å². The Balaban J connectivity index is 4.19. The summed E-state index contributed by atoms with van der Waals surface area (Å²) in [4.78, 5) is 22.1. The van der Waals surface area contributed by atoms with Crippen LogP contribution in [-0.2, 0) is 19.1 Å². The van der Waals surface area contributed by atoms with Gasteiger partial charge in [0.1, 0.15) is 12.2 Å². The first-order valence-corrected chi connectivity index (χ1v) is 6.48. The minimum absolute atomic E-state index is 0.320. The zero-order valence-electron chi connectivity index (χ0n) is 12.1. The number of hydrogen-bond donors (Lipinski definition) is 1. The van der Waals surface area contributed by atoms with Crippen molar-refractivity contribution in [3.63, 3.8) is 0 Å². The van der Waals surface area contributed by atoms with Crippen molar-refractivity contribution < 1.29 is 24.2 Å². The van der Waals surface area contributed by atoms with Crippen LogP contribution in [0.25, 0.3) is 0 Å². The molecule has 0 aliphatic rings. The highest BCUT2D eigenvalue weighted by molar-refractivity contribution is 5.87. The smallest absolute Gasteiger partial charge is 0.333 e. The summed E-state index contributed by atoms with van der Waals surface area (Å²) < 4.78 is 10.1. The Bertz CT molecular complexity index is 324. The third-order valence-electron chi connectivity index (χ3n) is 2.58. The van der Waals surface area contributed by atoms with Gasteiger partial charge in [-0.3, -0.25) is 4.79 Å². The van der Waals surface area contributed by atoms with Crippen LogP contribution in [0.4, 0.5) is 0 Å². The molecule has 1 N–H and O–H groups in total. The third-order valence-corrected chi connectivity index (χ3v) is 2.58. The average Bonchev–Trinajstić information content (AvgIpc) is 2.26. The fourth-order valence-electron chi connectivity index (χ4n) is 1.66. The van der Waals surface area contributed by atoms with Gasteiger partial charge in [0, 0.05) is 25.3 Å². The monoisotopic (exact) mass is 272 g/mol. The number of rotatable bonds is 8. The van der Waals surface area contributed by atoms with E-state index < -0.39 is 12.1 Å². The zero-order valence-corrected chi connectivity index (χ0v) is 12.1. The highest BCUT2D eigenvalue weighted by Gasteiger charge is 2.20. The number of hydrogen-bond acceptors (Lipinski definition) is 5. The lowest BCUT2D eigenvalue weighted by Crippen LogP contribution is -2.27. The highest BCUT2D eigenvalue weighted by atomic mass is 16.5. The summed E-state index contributed by atoms with van der Waals surface area (Å²) in [6, 6.07) is 0. The zero-order chi connectivity index (χ0) is 15.0. The van der Waals surface area contributed by atoms with E-state index in [1.165, 1.54) is 6.92 Å². The van der Waals surface area contributed by atoms with Gasteiger partial charge >= 0.3 is 11.9 Å². The fraction of sp³-hybridized carbons (Fsp3) is 0.714. The first kappa shape index (κ1) is 17.6. The Morgan fingerprint density at radius 3 is 2.21 bits per heavy atom. The van der Waals surface area contributed by atoms with Gasteiger partial charge in [-0.1, -0.05) is 13.5 Å². The molecule has 0 aliphatic carbocycles. The van der Waals surface area contributed by atoms with Crippen molar-refractivity contribution in [3.8, 4) is 0 Å². The Morgan fingerprint density at radius 2 is 1.79 bits per heavy atom. The van der Waals surface area contributed by atoms with Gasteiger partial charge in [-0.2, -0.15) is 0 Å². The molecule has 0 aromatic carbocycles. The number of carbonyl (C=O) groups is 2. The van der Waals surface area contributed by atoms with E-state index in [2.05, 4.69) is 6.58 Å². The Hall–Kier alpha value is -1.36. The van der Waals surface area contributed by atoms with Gasteiger partial charge in [-0.25, -0.2) is 4.79 Å². The summed E-state index contributed by atoms with van der Waals surface area (Å²) in [6.07, 6.45) is -0.150. The molecule has 0 heterocycles. The van der Waals surface area contributed by atoms with Gasteiger partial charge in [0.15, 0.2) is 0 Å². The first-order valence-electron chi connectivity index (χ1n) is 6.48. The summed E-state index contributed by atoms with van der Waals surface area (Å²) in [6.45, 7) is 10.00. The number of aliphatic hydroxyl groups is 1. The SMILES string of the molecule is C=C(C)C(=O)OC(CC)CC(O)CC(C)OC(C)=O. The second-order valence-electron chi connectivity index (χ2n) is 4.76. The number of ether oxygens (including phenoxy) is 2. The molecule has 3 atom stereocenters. The van der Waals surface area contributed by atoms with E-state index >= 15 is 0 Å². The van der Waals surface area contributed by atoms with Crippen molar-refractivity contribution >= 4 is 11.9 Å². The molecule has 110 valence electrons. The second-order valence-corrected chi connectivity index (χ2v) is 4.76. The standard InChI is InChI=1S/C14H24O5/c1-6-13(19-14(17)9(2)3)8-12(16)7-10(4)18-11(5)15/h10,12-13,16H,2,6-8H2,1,3-5H3. The van der Waals surface area contributed by atoms with Crippen molar-refractivity contribution in [2.75, 3.05) is 0 Å². The van der Waals surface area contributed by atoms with E-state index in [-0.39, 0.29) is 18.2 Å². The normalized spacial score (nSPS) is 15.2. The maximum atomic E-state index is 11.4. The van der Waals surface area contributed by atoms with Crippen LogP contribution in [0.15, 0.2) is 12.2 Å². The van der Waals surface area contributed by atoms with Crippen LogP contribution < -0.4 is 0 Å². The Morgan fingerprint density at radius 1 is 1.21 bits per heavy atom. The lowest BCUT2D eigenvalue weighted by molar-refractivity contribution is -0.147. The molecule has 0 aliphatic heterocycles. The lowest BCUT2D eigenvalue weighted by Gasteiger charge is -2.21. The van der Waals surface area contributed by atoms with Crippen molar-refractivity contribution in [3.05, 3.63) is 12.2 Å². The van der Waals surface area contributed by atoms with Gasteiger partial charge in [-0.15, -0.1) is 0 Å². The molecule has 0 aromatic rings. The quantitative estimate of drug-likeness (QED) is 0.540. The van der Waals surface area contributed by atoms with Gasteiger partial charge in [0.25, 0.3) is 0 Å². The molecule has 0 radical (unpaired) electrons. The molecule has 0 fully saturated rings. The molecule has 0 aromatic heterocycles. The van der Waals surface area contributed by atoms with Crippen molar-refractivity contribution in [1.82, 2.24) is 0 Å². The summed E-state index contributed by atoms with van der Waals surface area (Å²) in [7, 11) is 0. The molecule has 0 saturated carbocycles. The van der Waals surface area contributed by atoms with Gasteiger partial charge in [0.2, 0.25) is 0 Å². The molecule has 3 unspecified atom stereocenters. The first-order chi connectivity index (χ1) is 8.76. The molecule has 0 rings (SSSR count). The van der Waals surface area contributed by atoms with Crippen molar-refractivity contribution in [2.24, 2.45) is 0 Å². The molecule has 0 amide bonds. The van der Waals surface area contributed by atoms with Crippen molar-refractivity contribution in [2.45, 2.75) is 65.3 Å². The van der Waals surface area contributed by atoms with Gasteiger partial charge in [-0.05, 0) is 20.3 Å². The largest absolute Gasteiger partial charge is 0.463 e. The molecular weight excluding hydrogens is 248 g/mol. The average molecular weight is 272 g/mol. The van der Waals surface area contributed by atoms with Crippen LogP contribution in [0, 0.1) is 0 Å². The van der Waals surface area contributed by atoms with E-state index in [4.69, 9.17) is 9.47 Å². The van der Waals surface area contributed by atoms with Crippen LogP contribution in [0.1, 0.15) is 47.0 Å². The maximum Gasteiger partial charge on any atom is 0.333 e. The van der Waals surface area contributed by atoms with E-state index in [1.54, 1.807) is 13.8 Å². The minimum Gasteiger partial charge on any atom is -0.463 e. The summed E-state index contributed by atoms with van der Waals surface area (Å²) in [5.41, 5.74) is 0.334. The fourth-order valence-corrected chi connectivity index (χ4v) is 1.66. The second kappa shape index (κ2) is 8.69. The molecule has 0 saturated heterocycles. The molecule has 5 nitrogen and oxygen atoms in total.